The number of aliphatic hydroxyl groups is 1. The molecular formula is C41H55FN4O5Si. The second-order valence-electron chi connectivity index (χ2n) is 16.0. The third kappa shape index (κ3) is 7.42. The van der Waals surface area contributed by atoms with Gasteiger partial charge in [-0.05, 0) is 102 Å². The lowest BCUT2D eigenvalue weighted by molar-refractivity contribution is -0.150. The second kappa shape index (κ2) is 15.4. The minimum absolute atomic E-state index is 0.106. The van der Waals surface area contributed by atoms with Crippen LogP contribution in [0.4, 0.5) is 15.5 Å². The molecule has 0 aromatic heterocycles. The fourth-order valence-corrected chi connectivity index (χ4v) is 11.4. The number of nitrogens with one attached hydrogen (secondary N) is 2. The number of ether oxygens (including phenoxy) is 1. The van der Waals surface area contributed by atoms with Gasteiger partial charge < -0.3 is 34.4 Å². The Morgan fingerprint density at radius 1 is 1.13 bits per heavy atom. The molecule has 0 aliphatic carbocycles. The molecule has 6 rings (SSSR count). The van der Waals surface area contributed by atoms with Gasteiger partial charge in [0, 0.05) is 35.8 Å². The second-order valence-corrected chi connectivity index (χ2v) is 19.8. The van der Waals surface area contributed by atoms with E-state index in [1.165, 1.54) is 5.57 Å². The van der Waals surface area contributed by atoms with Crippen LogP contribution in [0.25, 0.3) is 0 Å². The first-order valence-electron chi connectivity index (χ1n) is 18.9. The predicted molar refractivity (Wildman–Crippen MR) is 205 cm³/mol. The molecule has 52 heavy (non-hydrogen) atoms. The summed E-state index contributed by atoms with van der Waals surface area (Å²) in [7, 11) is -3.55. The molecule has 1 spiro atoms. The van der Waals surface area contributed by atoms with Crippen LogP contribution in [0.3, 0.4) is 0 Å². The van der Waals surface area contributed by atoms with Crippen molar-refractivity contribution in [2.24, 2.45) is 5.92 Å². The van der Waals surface area contributed by atoms with Crippen LogP contribution in [0.1, 0.15) is 76.5 Å². The zero-order valence-corrected chi connectivity index (χ0v) is 32.5. The Morgan fingerprint density at radius 3 is 2.56 bits per heavy atom. The molecule has 4 heterocycles. The maximum atomic E-state index is 16.6. The highest BCUT2D eigenvalue weighted by Gasteiger charge is 2.67. The van der Waals surface area contributed by atoms with Gasteiger partial charge in [-0.1, -0.05) is 54.5 Å². The average Bonchev–Trinajstić information content (AvgIpc) is 3.80. The molecule has 0 saturated carbocycles. The van der Waals surface area contributed by atoms with Crippen molar-refractivity contribution in [2.45, 2.75) is 115 Å². The molecule has 6 atom stereocenters. The molecular weight excluding hydrogens is 676 g/mol. The lowest BCUT2D eigenvalue weighted by atomic mass is 9.82. The van der Waals surface area contributed by atoms with Crippen LogP contribution in [-0.4, -0.2) is 74.0 Å². The topological polar surface area (TPSA) is 111 Å². The van der Waals surface area contributed by atoms with Gasteiger partial charge in [0.05, 0.1) is 36.9 Å². The highest BCUT2D eigenvalue weighted by molar-refractivity contribution is 6.72. The van der Waals surface area contributed by atoms with Crippen LogP contribution in [0.5, 0.6) is 0 Å². The van der Waals surface area contributed by atoms with E-state index in [2.05, 4.69) is 43.6 Å². The molecule has 4 aliphatic heterocycles. The van der Waals surface area contributed by atoms with Crippen LogP contribution < -0.4 is 15.5 Å². The first-order valence-corrected chi connectivity index (χ1v) is 21.8. The summed E-state index contributed by atoms with van der Waals surface area (Å²) in [6.45, 7) is 12.6. The summed E-state index contributed by atoms with van der Waals surface area (Å²) in [4.78, 5) is 45.7. The van der Waals surface area contributed by atoms with E-state index in [0.717, 1.165) is 48.9 Å². The molecule has 280 valence electrons. The Kier molecular flexibility index (Phi) is 11.3. The SMILES string of the molecule is CC(C)=CCC/C(C)=C/CN1C(=O)[C@@]2(O[C@@H](CC(=O)N3Cc4ccccc4C[C@H]3CO)[C@H]([Si](C)(C)F)[C@H]2C)c2cc(NC(=O)[C@H]3CCCN3)ccc21. The molecule has 0 bridgehead atoms. The standard InChI is InChI=1S/C41H55FN4O5Si/c1-26(2)11-9-12-27(3)18-20-45-35-17-16-31(44-39(49)34-15-10-19-43-34)22-33(35)41(40(45)50)28(4)38(52(5,6)42)36(51-41)23-37(48)46-24-30-14-8-7-13-29(30)21-32(46)25-47/h7-8,11,13-14,16-18,22,28,32,34,36,38,43,47H,9-10,12,15,19-21,23-25H2,1-6H3,(H,44,49)/b27-18+/t28-,32+,34-,36+,38-,41+/m1/s1. The van der Waals surface area contributed by atoms with E-state index in [4.69, 9.17) is 4.74 Å². The number of aliphatic hydroxyl groups excluding tert-OH is 1. The Labute approximate surface area is 308 Å². The normalized spacial score (nSPS) is 27.2. The smallest absolute Gasteiger partial charge is 0.264 e. The van der Waals surface area contributed by atoms with E-state index in [1.54, 1.807) is 22.9 Å². The van der Waals surface area contributed by atoms with Gasteiger partial charge in [-0.15, -0.1) is 0 Å². The predicted octanol–water partition coefficient (Wildman–Crippen LogP) is 6.53. The molecule has 2 saturated heterocycles. The van der Waals surface area contributed by atoms with Gasteiger partial charge in [0.15, 0.2) is 5.60 Å². The van der Waals surface area contributed by atoms with Crippen molar-refractivity contribution in [3.05, 3.63) is 82.5 Å². The number of nitrogens with zero attached hydrogens (tertiary/aromatic N) is 2. The first kappa shape index (κ1) is 38.1. The summed E-state index contributed by atoms with van der Waals surface area (Å²) in [5, 5.41) is 16.6. The maximum Gasteiger partial charge on any atom is 0.264 e. The third-order valence-electron chi connectivity index (χ3n) is 11.6. The maximum absolute atomic E-state index is 16.6. The molecule has 3 amide bonds. The third-order valence-corrected chi connectivity index (χ3v) is 14.0. The molecule has 4 aliphatic rings. The minimum atomic E-state index is -3.55. The van der Waals surface area contributed by atoms with E-state index in [1.807, 2.05) is 49.4 Å². The quantitative estimate of drug-likeness (QED) is 0.138. The van der Waals surface area contributed by atoms with Crippen LogP contribution in [0.15, 0.2) is 65.8 Å². The van der Waals surface area contributed by atoms with E-state index >= 15 is 4.11 Å². The number of anilines is 2. The summed E-state index contributed by atoms with van der Waals surface area (Å²) in [5.74, 6) is -1.23. The summed E-state index contributed by atoms with van der Waals surface area (Å²) >= 11 is 0. The minimum Gasteiger partial charge on any atom is -0.394 e. The monoisotopic (exact) mass is 730 g/mol. The number of carbonyl (C=O) groups excluding carboxylic acids is 3. The first-order chi connectivity index (χ1) is 24.7. The largest absolute Gasteiger partial charge is 0.394 e. The summed E-state index contributed by atoms with van der Waals surface area (Å²) < 4.78 is 23.5. The molecule has 2 aromatic rings. The lowest BCUT2D eigenvalue weighted by Gasteiger charge is -2.37. The van der Waals surface area contributed by atoms with Crippen molar-refractivity contribution in [2.75, 3.05) is 29.9 Å². The zero-order valence-electron chi connectivity index (χ0n) is 31.5. The number of rotatable bonds is 11. The molecule has 9 nitrogen and oxygen atoms in total. The number of hydrogen-bond donors (Lipinski definition) is 3. The Balaban J connectivity index is 1.34. The van der Waals surface area contributed by atoms with E-state index < -0.39 is 37.6 Å². The fraction of sp³-hybridized carbons (Fsp3) is 0.537. The van der Waals surface area contributed by atoms with E-state index in [0.29, 0.717) is 36.4 Å². The van der Waals surface area contributed by atoms with Gasteiger partial charge in [-0.25, -0.2) is 0 Å². The molecule has 0 radical (unpaired) electrons. The Morgan fingerprint density at radius 2 is 1.88 bits per heavy atom. The van der Waals surface area contributed by atoms with Gasteiger partial charge in [0.25, 0.3) is 5.91 Å². The fourth-order valence-electron chi connectivity index (χ4n) is 8.91. The molecule has 3 N–H and O–H groups in total. The highest BCUT2D eigenvalue weighted by Crippen LogP contribution is 2.60. The Hall–Kier alpha value is -3.64. The van der Waals surface area contributed by atoms with Gasteiger partial charge in [0.1, 0.15) is 0 Å². The van der Waals surface area contributed by atoms with Gasteiger partial charge >= 0.3 is 0 Å². The number of halogens is 1. The number of amides is 3. The summed E-state index contributed by atoms with van der Waals surface area (Å²) in [6.07, 6.45) is 7.28. The van der Waals surface area contributed by atoms with Gasteiger partial charge in [-0.2, -0.15) is 0 Å². The van der Waals surface area contributed by atoms with Crippen LogP contribution >= 0.6 is 0 Å². The molecule has 11 heteroatoms. The Bertz CT molecular complexity index is 1750. The van der Waals surface area contributed by atoms with Crippen LogP contribution in [0, 0.1) is 5.92 Å². The van der Waals surface area contributed by atoms with Crippen molar-refractivity contribution in [1.82, 2.24) is 10.2 Å². The molecule has 2 aromatic carbocycles. The van der Waals surface area contributed by atoms with E-state index in [-0.39, 0.29) is 36.8 Å². The van der Waals surface area contributed by atoms with Crippen molar-refractivity contribution >= 4 is 37.5 Å². The number of carbonyl (C=O) groups is 3. The van der Waals surface area contributed by atoms with Crippen molar-refractivity contribution in [3.8, 4) is 0 Å². The average molecular weight is 731 g/mol. The van der Waals surface area contributed by atoms with E-state index in [9.17, 15) is 19.5 Å². The lowest BCUT2D eigenvalue weighted by Crippen LogP contribution is -2.48. The van der Waals surface area contributed by atoms with Crippen molar-refractivity contribution < 1.29 is 28.3 Å². The number of hydrogen-bond acceptors (Lipinski definition) is 6. The summed E-state index contributed by atoms with van der Waals surface area (Å²) in [6, 6.07) is 12.7. The summed E-state index contributed by atoms with van der Waals surface area (Å²) in [5.41, 5.74) is 4.14. The number of fused-ring (bicyclic) bond motifs is 3. The number of allylic oxidation sites excluding steroid dienone is 3. The van der Waals surface area contributed by atoms with Crippen LogP contribution in [-0.2, 0) is 37.7 Å². The highest BCUT2D eigenvalue weighted by atomic mass is 28.4. The van der Waals surface area contributed by atoms with Gasteiger partial charge in [-0.3, -0.25) is 14.4 Å². The van der Waals surface area contributed by atoms with Crippen molar-refractivity contribution in [3.63, 3.8) is 0 Å². The van der Waals surface area contributed by atoms with Crippen molar-refractivity contribution in [1.29, 1.82) is 0 Å². The number of benzene rings is 2. The zero-order chi connectivity index (χ0) is 37.4. The van der Waals surface area contributed by atoms with Gasteiger partial charge in [0.2, 0.25) is 20.2 Å². The molecule has 0 unspecified atom stereocenters. The molecule has 2 fully saturated rings. The van der Waals surface area contributed by atoms with Crippen LogP contribution in [0.2, 0.25) is 18.6 Å².